The Balaban J connectivity index is 1.57. The average molecular weight is 232 g/mol. The van der Waals surface area contributed by atoms with Crippen molar-refractivity contribution in [1.29, 1.82) is 0 Å². The van der Waals surface area contributed by atoms with Crippen molar-refractivity contribution >= 4 is 0 Å². The molecule has 0 aromatic carbocycles. The maximum Gasteiger partial charge on any atom is 0.125 e. The minimum absolute atomic E-state index is 0.660. The minimum Gasteiger partial charge on any atom is -0.307 e. The van der Waals surface area contributed by atoms with Gasteiger partial charge in [0.05, 0.1) is 5.69 Å². The molecule has 0 radical (unpaired) electrons. The summed E-state index contributed by atoms with van der Waals surface area (Å²) in [7, 11) is 0. The quantitative estimate of drug-likeness (QED) is 0.847. The lowest BCUT2D eigenvalue weighted by Crippen LogP contribution is -2.38. The highest BCUT2D eigenvalue weighted by Crippen LogP contribution is 2.27. The van der Waals surface area contributed by atoms with E-state index >= 15 is 0 Å². The molecule has 2 unspecified atom stereocenters. The highest BCUT2D eigenvalue weighted by atomic mass is 15.2. The van der Waals surface area contributed by atoms with Crippen LogP contribution in [-0.4, -0.2) is 40.0 Å². The van der Waals surface area contributed by atoms with E-state index in [1.807, 2.05) is 19.2 Å². The summed E-state index contributed by atoms with van der Waals surface area (Å²) in [5.41, 5.74) is 1.11. The Kier molecular flexibility index (Phi) is 3.07. The number of hydrogen-bond donors (Lipinski definition) is 1. The van der Waals surface area contributed by atoms with Gasteiger partial charge in [0, 0.05) is 31.4 Å². The number of aromatic nitrogens is 2. The fourth-order valence-corrected chi connectivity index (χ4v) is 3.16. The van der Waals surface area contributed by atoms with Gasteiger partial charge in [0.1, 0.15) is 5.82 Å². The molecule has 4 heteroatoms. The molecule has 3 rings (SSSR count). The predicted octanol–water partition coefficient (Wildman–Crippen LogP) is 1.11. The van der Waals surface area contributed by atoms with E-state index in [0.717, 1.165) is 24.1 Å². The van der Waals surface area contributed by atoms with E-state index < -0.39 is 0 Å². The third-order valence-electron chi connectivity index (χ3n) is 3.99. The van der Waals surface area contributed by atoms with Crippen molar-refractivity contribution in [1.82, 2.24) is 20.2 Å². The standard InChI is InChI=1S/C13H20N4/c1-10-14-6-4-11(16-10)9-15-12-5-8-17-7-2-3-13(12)17/h4,6,12-13,15H,2-3,5,7-9H2,1H3. The van der Waals surface area contributed by atoms with Gasteiger partial charge in [-0.1, -0.05) is 0 Å². The summed E-state index contributed by atoms with van der Waals surface area (Å²) in [5.74, 6) is 0.859. The van der Waals surface area contributed by atoms with Crippen molar-refractivity contribution in [2.45, 2.75) is 44.8 Å². The molecular weight excluding hydrogens is 212 g/mol. The Morgan fingerprint density at radius 1 is 1.41 bits per heavy atom. The van der Waals surface area contributed by atoms with Gasteiger partial charge in [0.25, 0.3) is 0 Å². The second kappa shape index (κ2) is 4.70. The molecule has 4 nitrogen and oxygen atoms in total. The number of fused-ring (bicyclic) bond motifs is 1. The second-order valence-electron chi connectivity index (χ2n) is 5.12. The molecule has 0 aliphatic carbocycles. The molecule has 2 aliphatic rings. The van der Waals surface area contributed by atoms with Crippen LogP contribution < -0.4 is 5.32 Å². The Morgan fingerprint density at radius 2 is 2.35 bits per heavy atom. The van der Waals surface area contributed by atoms with Crippen molar-refractivity contribution in [2.24, 2.45) is 0 Å². The molecule has 2 fully saturated rings. The van der Waals surface area contributed by atoms with Crippen LogP contribution in [0.2, 0.25) is 0 Å². The Bertz CT molecular complexity index is 393. The normalized spacial score (nSPS) is 28.5. The number of nitrogens with one attached hydrogen (secondary N) is 1. The fraction of sp³-hybridized carbons (Fsp3) is 0.692. The largest absolute Gasteiger partial charge is 0.307 e. The Hall–Kier alpha value is -1.00. The lowest BCUT2D eigenvalue weighted by Gasteiger charge is -2.21. The summed E-state index contributed by atoms with van der Waals surface area (Å²) in [6.07, 6.45) is 5.86. The minimum atomic E-state index is 0.660. The first-order chi connectivity index (χ1) is 8.33. The molecule has 1 aromatic rings. The first-order valence-electron chi connectivity index (χ1n) is 6.59. The van der Waals surface area contributed by atoms with Crippen LogP contribution in [0.3, 0.4) is 0 Å². The van der Waals surface area contributed by atoms with Gasteiger partial charge in [-0.2, -0.15) is 0 Å². The van der Waals surface area contributed by atoms with Gasteiger partial charge >= 0.3 is 0 Å². The lowest BCUT2D eigenvalue weighted by molar-refractivity contribution is 0.298. The molecular formula is C13H20N4. The average Bonchev–Trinajstić information content (AvgIpc) is 2.89. The molecule has 0 amide bonds. The van der Waals surface area contributed by atoms with Crippen LogP contribution in [0.1, 0.15) is 30.8 Å². The number of hydrogen-bond acceptors (Lipinski definition) is 4. The molecule has 17 heavy (non-hydrogen) atoms. The molecule has 1 aromatic heterocycles. The predicted molar refractivity (Wildman–Crippen MR) is 66.6 cm³/mol. The smallest absolute Gasteiger partial charge is 0.125 e. The zero-order valence-electron chi connectivity index (χ0n) is 10.4. The summed E-state index contributed by atoms with van der Waals surface area (Å²) in [6, 6.07) is 3.44. The Labute approximate surface area is 102 Å². The van der Waals surface area contributed by atoms with Gasteiger partial charge in [0.2, 0.25) is 0 Å². The van der Waals surface area contributed by atoms with E-state index in [2.05, 4.69) is 20.2 Å². The Morgan fingerprint density at radius 3 is 3.24 bits per heavy atom. The molecule has 3 heterocycles. The first kappa shape index (κ1) is 11.1. The zero-order chi connectivity index (χ0) is 11.7. The van der Waals surface area contributed by atoms with Crippen LogP contribution in [0.15, 0.2) is 12.3 Å². The molecule has 2 saturated heterocycles. The van der Waals surface area contributed by atoms with E-state index in [4.69, 9.17) is 0 Å². The molecule has 92 valence electrons. The summed E-state index contributed by atoms with van der Waals surface area (Å²) in [6.45, 7) is 5.39. The van der Waals surface area contributed by atoms with E-state index in [-0.39, 0.29) is 0 Å². The second-order valence-corrected chi connectivity index (χ2v) is 5.12. The summed E-state index contributed by atoms with van der Waals surface area (Å²) in [5, 5.41) is 3.66. The van der Waals surface area contributed by atoms with E-state index in [1.54, 1.807) is 0 Å². The van der Waals surface area contributed by atoms with Crippen molar-refractivity contribution < 1.29 is 0 Å². The van der Waals surface area contributed by atoms with Crippen LogP contribution >= 0.6 is 0 Å². The van der Waals surface area contributed by atoms with E-state index in [1.165, 1.54) is 32.4 Å². The molecule has 0 spiro atoms. The van der Waals surface area contributed by atoms with Gasteiger partial charge in [-0.25, -0.2) is 9.97 Å². The molecule has 0 bridgehead atoms. The number of aryl methyl sites for hydroxylation is 1. The summed E-state index contributed by atoms with van der Waals surface area (Å²) in [4.78, 5) is 11.2. The molecule has 2 atom stereocenters. The third kappa shape index (κ3) is 2.33. The number of nitrogens with zero attached hydrogens (tertiary/aromatic N) is 3. The van der Waals surface area contributed by atoms with Crippen LogP contribution in [0.4, 0.5) is 0 Å². The van der Waals surface area contributed by atoms with Crippen molar-refractivity contribution in [2.75, 3.05) is 13.1 Å². The molecule has 2 aliphatic heterocycles. The van der Waals surface area contributed by atoms with Crippen molar-refractivity contribution in [3.63, 3.8) is 0 Å². The fourth-order valence-electron chi connectivity index (χ4n) is 3.16. The van der Waals surface area contributed by atoms with Crippen LogP contribution in [0, 0.1) is 6.92 Å². The van der Waals surface area contributed by atoms with Crippen LogP contribution in [0.5, 0.6) is 0 Å². The highest BCUT2D eigenvalue weighted by Gasteiger charge is 2.36. The lowest BCUT2D eigenvalue weighted by atomic mass is 10.1. The SMILES string of the molecule is Cc1nccc(CNC2CCN3CCCC23)n1. The zero-order valence-corrected chi connectivity index (χ0v) is 10.4. The van der Waals surface area contributed by atoms with Crippen molar-refractivity contribution in [3.8, 4) is 0 Å². The maximum absolute atomic E-state index is 4.43. The van der Waals surface area contributed by atoms with Crippen LogP contribution in [0.25, 0.3) is 0 Å². The van der Waals surface area contributed by atoms with Crippen molar-refractivity contribution in [3.05, 3.63) is 23.8 Å². The maximum atomic E-state index is 4.43. The third-order valence-corrected chi connectivity index (χ3v) is 3.99. The molecule has 1 N–H and O–H groups in total. The van der Waals surface area contributed by atoms with Gasteiger partial charge in [-0.05, 0) is 38.8 Å². The summed E-state index contributed by atoms with van der Waals surface area (Å²) >= 11 is 0. The van der Waals surface area contributed by atoms with Gasteiger partial charge in [0.15, 0.2) is 0 Å². The van der Waals surface area contributed by atoms with Crippen LogP contribution in [-0.2, 0) is 6.54 Å². The van der Waals surface area contributed by atoms with Gasteiger partial charge in [-0.3, -0.25) is 4.90 Å². The highest BCUT2D eigenvalue weighted by molar-refractivity contribution is 5.03. The van der Waals surface area contributed by atoms with Gasteiger partial charge in [-0.15, -0.1) is 0 Å². The van der Waals surface area contributed by atoms with Gasteiger partial charge < -0.3 is 5.32 Å². The monoisotopic (exact) mass is 232 g/mol. The molecule has 0 saturated carbocycles. The van der Waals surface area contributed by atoms with E-state index in [9.17, 15) is 0 Å². The first-order valence-corrected chi connectivity index (χ1v) is 6.59. The summed E-state index contributed by atoms with van der Waals surface area (Å²) < 4.78 is 0. The topological polar surface area (TPSA) is 41.1 Å². The number of rotatable bonds is 3. The van der Waals surface area contributed by atoms with E-state index in [0.29, 0.717) is 6.04 Å².